The second kappa shape index (κ2) is 5.56. The number of carbonyl (C=O) groups excluding carboxylic acids is 1. The molecule has 1 aliphatic heterocycles. The van der Waals surface area contributed by atoms with E-state index < -0.39 is 6.10 Å². The summed E-state index contributed by atoms with van der Waals surface area (Å²) in [6, 6.07) is 12.0. The van der Waals surface area contributed by atoms with Crippen molar-refractivity contribution in [3.63, 3.8) is 0 Å². The number of ketones is 1. The lowest BCUT2D eigenvalue weighted by Crippen LogP contribution is -2.38. The van der Waals surface area contributed by atoms with Gasteiger partial charge in [-0.25, -0.2) is 4.39 Å². The molecule has 0 bridgehead atoms. The molecule has 1 atom stereocenters. The normalized spacial score (nSPS) is 16.6. The SMILES string of the molecule is Cc1ccc(F)cc1CC(=O)C1CNc2ccccc2O1. The molecular weight excluding hydrogens is 269 g/mol. The lowest BCUT2D eigenvalue weighted by atomic mass is 10.00. The Balaban J connectivity index is 1.74. The Morgan fingerprint density at radius 2 is 2.14 bits per heavy atom. The summed E-state index contributed by atoms with van der Waals surface area (Å²) < 4.78 is 19.0. The van der Waals surface area contributed by atoms with E-state index in [9.17, 15) is 9.18 Å². The summed E-state index contributed by atoms with van der Waals surface area (Å²) in [7, 11) is 0. The fourth-order valence-electron chi connectivity index (χ4n) is 2.42. The van der Waals surface area contributed by atoms with E-state index in [2.05, 4.69) is 5.32 Å². The van der Waals surface area contributed by atoms with Gasteiger partial charge in [-0.2, -0.15) is 0 Å². The highest BCUT2D eigenvalue weighted by Gasteiger charge is 2.25. The Hall–Kier alpha value is -2.36. The molecule has 0 saturated carbocycles. The number of benzene rings is 2. The summed E-state index contributed by atoms with van der Waals surface area (Å²) in [5, 5.41) is 3.19. The van der Waals surface area contributed by atoms with Crippen molar-refractivity contribution in [3.8, 4) is 5.75 Å². The van der Waals surface area contributed by atoms with E-state index in [1.165, 1.54) is 12.1 Å². The summed E-state index contributed by atoms with van der Waals surface area (Å²) in [4.78, 5) is 12.4. The largest absolute Gasteiger partial charge is 0.479 e. The molecule has 3 rings (SSSR count). The first-order chi connectivity index (χ1) is 10.1. The Labute approximate surface area is 122 Å². The highest BCUT2D eigenvalue weighted by Crippen LogP contribution is 2.28. The number of hydrogen-bond acceptors (Lipinski definition) is 3. The predicted octanol–water partition coefficient (Wildman–Crippen LogP) is 3.12. The zero-order valence-electron chi connectivity index (χ0n) is 11.7. The van der Waals surface area contributed by atoms with Crippen LogP contribution in [0, 0.1) is 12.7 Å². The summed E-state index contributed by atoms with van der Waals surface area (Å²) in [5.74, 6) is 0.306. The number of fused-ring (bicyclic) bond motifs is 1. The van der Waals surface area contributed by atoms with Crippen LogP contribution in [0.15, 0.2) is 42.5 Å². The molecular formula is C17H16FNO2. The minimum atomic E-state index is -0.539. The minimum absolute atomic E-state index is 0.0503. The molecule has 2 aromatic rings. The van der Waals surface area contributed by atoms with Crippen LogP contribution >= 0.6 is 0 Å². The second-order valence-corrected chi connectivity index (χ2v) is 5.20. The first-order valence-corrected chi connectivity index (χ1v) is 6.91. The topological polar surface area (TPSA) is 38.3 Å². The van der Waals surface area contributed by atoms with Gasteiger partial charge in [0, 0.05) is 6.42 Å². The van der Waals surface area contributed by atoms with Crippen LogP contribution in [-0.2, 0) is 11.2 Å². The van der Waals surface area contributed by atoms with Crippen LogP contribution in [0.2, 0.25) is 0 Å². The molecule has 108 valence electrons. The van der Waals surface area contributed by atoms with Crippen LogP contribution < -0.4 is 10.1 Å². The highest BCUT2D eigenvalue weighted by atomic mass is 19.1. The van der Waals surface area contributed by atoms with E-state index in [0.717, 1.165) is 11.3 Å². The molecule has 0 saturated heterocycles. The summed E-state index contributed by atoms with van der Waals surface area (Å²) in [5.41, 5.74) is 2.51. The Kier molecular flexibility index (Phi) is 3.60. The van der Waals surface area contributed by atoms with E-state index in [-0.39, 0.29) is 18.0 Å². The molecule has 0 aromatic heterocycles. The summed E-state index contributed by atoms with van der Waals surface area (Å²) in [6.07, 6.45) is -0.361. The Bertz CT molecular complexity index is 684. The molecule has 1 aliphatic rings. The zero-order valence-corrected chi connectivity index (χ0v) is 11.7. The molecule has 4 heteroatoms. The monoisotopic (exact) mass is 285 g/mol. The predicted molar refractivity (Wildman–Crippen MR) is 79.2 cm³/mol. The zero-order chi connectivity index (χ0) is 14.8. The first kappa shape index (κ1) is 13.6. The first-order valence-electron chi connectivity index (χ1n) is 6.91. The molecule has 0 aliphatic carbocycles. The smallest absolute Gasteiger partial charge is 0.179 e. The molecule has 0 fully saturated rings. The summed E-state index contributed by atoms with van der Waals surface area (Å²) >= 11 is 0. The average Bonchev–Trinajstić information content (AvgIpc) is 2.50. The molecule has 21 heavy (non-hydrogen) atoms. The van der Waals surface area contributed by atoms with Gasteiger partial charge in [-0.3, -0.25) is 4.79 Å². The van der Waals surface area contributed by atoms with E-state index in [0.29, 0.717) is 17.9 Å². The van der Waals surface area contributed by atoms with Gasteiger partial charge in [0.05, 0.1) is 12.2 Å². The van der Waals surface area contributed by atoms with Gasteiger partial charge in [-0.05, 0) is 42.3 Å². The van der Waals surface area contributed by atoms with Gasteiger partial charge in [0.1, 0.15) is 11.6 Å². The van der Waals surface area contributed by atoms with Gasteiger partial charge >= 0.3 is 0 Å². The molecule has 1 unspecified atom stereocenters. The maximum absolute atomic E-state index is 13.3. The number of nitrogens with one attached hydrogen (secondary N) is 1. The number of ether oxygens (including phenoxy) is 1. The number of halogens is 1. The van der Waals surface area contributed by atoms with E-state index in [4.69, 9.17) is 4.74 Å². The van der Waals surface area contributed by atoms with Crippen molar-refractivity contribution in [2.75, 3.05) is 11.9 Å². The number of para-hydroxylation sites is 2. The fourth-order valence-corrected chi connectivity index (χ4v) is 2.42. The van der Waals surface area contributed by atoms with Gasteiger partial charge in [0.2, 0.25) is 0 Å². The molecule has 0 spiro atoms. The second-order valence-electron chi connectivity index (χ2n) is 5.20. The summed E-state index contributed by atoms with van der Waals surface area (Å²) in [6.45, 7) is 2.31. The molecule has 0 amide bonds. The van der Waals surface area contributed by atoms with Crippen LogP contribution in [0.5, 0.6) is 5.75 Å². The fraction of sp³-hybridized carbons (Fsp3) is 0.235. The number of rotatable bonds is 3. The van der Waals surface area contributed by atoms with Crippen LogP contribution in [0.25, 0.3) is 0 Å². The van der Waals surface area contributed by atoms with Crippen molar-refractivity contribution < 1.29 is 13.9 Å². The van der Waals surface area contributed by atoms with Crippen LogP contribution in [0.3, 0.4) is 0 Å². The highest BCUT2D eigenvalue weighted by molar-refractivity contribution is 5.87. The molecule has 3 nitrogen and oxygen atoms in total. The molecule has 1 heterocycles. The van der Waals surface area contributed by atoms with Gasteiger partial charge < -0.3 is 10.1 Å². The third-order valence-corrected chi connectivity index (χ3v) is 3.67. The maximum atomic E-state index is 13.3. The van der Waals surface area contributed by atoms with Gasteiger partial charge in [0.25, 0.3) is 0 Å². The Morgan fingerprint density at radius 1 is 1.33 bits per heavy atom. The quantitative estimate of drug-likeness (QED) is 0.941. The Morgan fingerprint density at radius 3 is 3.00 bits per heavy atom. The number of Topliss-reactive ketones (excluding diaryl/α,β-unsaturated/α-hetero) is 1. The number of hydrogen-bond donors (Lipinski definition) is 1. The molecule has 2 aromatic carbocycles. The van der Waals surface area contributed by atoms with Crippen molar-refractivity contribution in [1.29, 1.82) is 0 Å². The third kappa shape index (κ3) is 2.89. The molecule has 0 radical (unpaired) electrons. The van der Waals surface area contributed by atoms with Gasteiger partial charge in [0.15, 0.2) is 11.9 Å². The van der Waals surface area contributed by atoms with Crippen molar-refractivity contribution in [2.24, 2.45) is 0 Å². The van der Waals surface area contributed by atoms with E-state index >= 15 is 0 Å². The van der Waals surface area contributed by atoms with Crippen molar-refractivity contribution in [3.05, 3.63) is 59.4 Å². The average molecular weight is 285 g/mol. The van der Waals surface area contributed by atoms with Crippen LogP contribution in [0.4, 0.5) is 10.1 Å². The minimum Gasteiger partial charge on any atom is -0.479 e. The van der Waals surface area contributed by atoms with Crippen molar-refractivity contribution in [2.45, 2.75) is 19.4 Å². The molecule has 1 N–H and O–H groups in total. The number of anilines is 1. The van der Waals surface area contributed by atoms with Crippen molar-refractivity contribution >= 4 is 11.5 Å². The van der Waals surface area contributed by atoms with E-state index in [1.807, 2.05) is 31.2 Å². The van der Waals surface area contributed by atoms with Gasteiger partial charge in [-0.1, -0.05) is 18.2 Å². The maximum Gasteiger partial charge on any atom is 0.179 e. The number of aryl methyl sites for hydroxylation is 1. The lowest BCUT2D eigenvalue weighted by molar-refractivity contribution is -0.124. The van der Waals surface area contributed by atoms with Crippen LogP contribution in [-0.4, -0.2) is 18.4 Å². The van der Waals surface area contributed by atoms with Crippen molar-refractivity contribution in [1.82, 2.24) is 0 Å². The van der Waals surface area contributed by atoms with E-state index in [1.54, 1.807) is 6.07 Å². The van der Waals surface area contributed by atoms with Crippen LogP contribution in [0.1, 0.15) is 11.1 Å². The standard InChI is InChI=1S/C17H16FNO2/c1-11-6-7-13(18)8-12(11)9-15(20)17-10-19-14-4-2-3-5-16(14)21-17/h2-8,17,19H,9-10H2,1H3. The lowest BCUT2D eigenvalue weighted by Gasteiger charge is -2.26. The van der Waals surface area contributed by atoms with Gasteiger partial charge in [-0.15, -0.1) is 0 Å². The number of carbonyl (C=O) groups is 1. The third-order valence-electron chi connectivity index (χ3n) is 3.67.